The Morgan fingerprint density at radius 1 is 0.667 bits per heavy atom. The van der Waals surface area contributed by atoms with Crippen LogP contribution in [-0.2, 0) is 60.5 Å². The number of aryl methyl sites for hydroxylation is 2. The summed E-state index contributed by atoms with van der Waals surface area (Å²) in [5.41, 5.74) is 6.01. The van der Waals surface area contributed by atoms with Crippen molar-refractivity contribution >= 4 is 29.8 Å². The van der Waals surface area contributed by atoms with Gasteiger partial charge in [0.1, 0.15) is 19.0 Å². The lowest BCUT2D eigenvalue weighted by Crippen LogP contribution is -2.30. The van der Waals surface area contributed by atoms with Gasteiger partial charge < -0.3 is 28.4 Å². The van der Waals surface area contributed by atoms with Gasteiger partial charge in [-0.15, -0.1) is 0 Å². The molecule has 1 fully saturated rings. The third kappa shape index (κ3) is 16.0. The minimum Gasteiger partial charge on any atom is -0.493 e. The van der Waals surface area contributed by atoms with Gasteiger partial charge in [-0.1, -0.05) is 83.2 Å². The summed E-state index contributed by atoms with van der Waals surface area (Å²) in [6.07, 6.45) is 15.0. The molecular formula is C46H64O11. The number of unbranched alkanes of at least 4 members (excludes halogenated alkanes) is 4. The Bertz CT molecular complexity index is 1590. The molecule has 2 aromatic rings. The molecule has 0 aromatic heterocycles. The highest BCUT2D eigenvalue weighted by Gasteiger charge is 2.25. The third-order valence-electron chi connectivity index (χ3n) is 10.3. The van der Waals surface area contributed by atoms with E-state index in [4.69, 9.17) is 28.4 Å². The van der Waals surface area contributed by atoms with E-state index >= 15 is 0 Å². The summed E-state index contributed by atoms with van der Waals surface area (Å²) in [7, 11) is 0. The zero-order chi connectivity index (χ0) is 41.6. The van der Waals surface area contributed by atoms with Crippen molar-refractivity contribution in [1.29, 1.82) is 0 Å². The molecule has 0 radical (unpaired) electrons. The number of carbonyl (C=O) groups excluding carboxylic acids is 5. The summed E-state index contributed by atoms with van der Waals surface area (Å²) in [5, 5.41) is 0. The molecule has 0 bridgehead atoms. The number of benzene rings is 2. The van der Waals surface area contributed by atoms with Gasteiger partial charge in [0.15, 0.2) is 0 Å². The van der Waals surface area contributed by atoms with E-state index in [9.17, 15) is 24.0 Å². The molecular weight excluding hydrogens is 728 g/mol. The van der Waals surface area contributed by atoms with E-state index in [1.165, 1.54) is 75.3 Å². The monoisotopic (exact) mass is 792 g/mol. The van der Waals surface area contributed by atoms with Crippen molar-refractivity contribution in [2.75, 3.05) is 39.6 Å². The van der Waals surface area contributed by atoms with Crippen LogP contribution in [0.25, 0.3) is 11.1 Å². The molecule has 1 aliphatic carbocycles. The molecule has 314 valence electrons. The molecule has 0 spiro atoms. The first kappa shape index (κ1) is 46.7. The van der Waals surface area contributed by atoms with Crippen LogP contribution in [0.2, 0.25) is 0 Å². The number of rotatable bonds is 23. The number of ether oxygens (including phenoxy) is 6. The Kier molecular flexibility index (Phi) is 20.9. The van der Waals surface area contributed by atoms with Gasteiger partial charge in [-0.05, 0) is 118 Å². The molecule has 2 aromatic carbocycles. The van der Waals surface area contributed by atoms with Crippen LogP contribution in [0, 0.1) is 11.8 Å². The first-order chi connectivity index (χ1) is 27.5. The summed E-state index contributed by atoms with van der Waals surface area (Å²) in [6.45, 7) is 12.2. The SMILES string of the molecule is C=C(C)C(=O)OCCCc1cc(-c2ccc(C3CCC(CCCCCCC)CC3)cc2CC)ccc1OCC(COC(=O)C(=O)OCC)COC(=O)C(=O)OCC. The highest BCUT2D eigenvalue weighted by Crippen LogP contribution is 2.40. The summed E-state index contributed by atoms with van der Waals surface area (Å²) in [5.74, 6) is -3.96. The molecule has 0 amide bonds. The second-order valence-electron chi connectivity index (χ2n) is 14.8. The molecule has 3 rings (SSSR count). The smallest absolute Gasteiger partial charge is 0.417 e. The highest BCUT2D eigenvalue weighted by molar-refractivity contribution is 6.30. The van der Waals surface area contributed by atoms with E-state index in [2.05, 4.69) is 44.7 Å². The van der Waals surface area contributed by atoms with Crippen molar-refractivity contribution < 1.29 is 52.4 Å². The standard InChI is InChI=1S/C46H64O11/c1-7-11-12-13-14-16-33-18-20-36(21-19-33)37-22-24-40(35(8-2)27-37)38-23-25-41(39(28-38)17-15-26-54-42(47)32(5)6)55-29-34(30-56-45(50)43(48)52-9-3)31-57-46(51)44(49)53-10-4/h22-25,27-28,33-34,36H,5,7-21,26,29-31H2,1-4,6H3. The van der Waals surface area contributed by atoms with E-state index < -0.39 is 35.8 Å². The van der Waals surface area contributed by atoms with Crippen molar-refractivity contribution in [1.82, 2.24) is 0 Å². The summed E-state index contributed by atoms with van der Waals surface area (Å²) >= 11 is 0. The Morgan fingerprint density at radius 2 is 1.30 bits per heavy atom. The molecule has 0 unspecified atom stereocenters. The quantitative estimate of drug-likeness (QED) is 0.0351. The molecule has 1 aliphatic rings. The zero-order valence-electron chi connectivity index (χ0n) is 34.8. The number of esters is 5. The van der Waals surface area contributed by atoms with E-state index in [0.717, 1.165) is 29.0 Å². The highest BCUT2D eigenvalue weighted by atomic mass is 16.6. The molecule has 0 heterocycles. The summed E-state index contributed by atoms with van der Waals surface area (Å²) in [6, 6.07) is 12.8. The van der Waals surface area contributed by atoms with E-state index in [0.29, 0.717) is 30.1 Å². The summed E-state index contributed by atoms with van der Waals surface area (Å²) in [4.78, 5) is 60.1. The van der Waals surface area contributed by atoms with Gasteiger partial charge in [0.25, 0.3) is 0 Å². The van der Waals surface area contributed by atoms with Crippen LogP contribution >= 0.6 is 0 Å². The largest absolute Gasteiger partial charge is 0.493 e. The van der Waals surface area contributed by atoms with Crippen LogP contribution in [0.15, 0.2) is 48.6 Å². The van der Waals surface area contributed by atoms with E-state index in [1.54, 1.807) is 20.8 Å². The Labute approximate surface area is 339 Å². The molecule has 11 heteroatoms. The number of carbonyl (C=O) groups is 5. The predicted octanol–water partition coefficient (Wildman–Crippen LogP) is 8.81. The lowest BCUT2D eigenvalue weighted by molar-refractivity contribution is -0.171. The fourth-order valence-electron chi connectivity index (χ4n) is 7.13. The maximum Gasteiger partial charge on any atom is 0.417 e. The van der Waals surface area contributed by atoms with Crippen molar-refractivity contribution in [2.24, 2.45) is 11.8 Å². The van der Waals surface area contributed by atoms with Crippen LogP contribution in [0.5, 0.6) is 5.75 Å². The van der Waals surface area contributed by atoms with Crippen molar-refractivity contribution in [3.8, 4) is 16.9 Å². The van der Waals surface area contributed by atoms with Crippen molar-refractivity contribution in [2.45, 2.75) is 124 Å². The Morgan fingerprint density at radius 3 is 1.89 bits per heavy atom. The van der Waals surface area contributed by atoms with Crippen LogP contribution in [0.3, 0.4) is 0 Å². The van der Waals surface area contributed by atoms with Crippen LogP contribution in [-0.4, -0.2) is 69.5 Å². The van der Waals surface area contributed by atoms with Gasteiger partial charge in [0, 0.05) is 5.57 Å². The fraction of sp³-hybridized carbons (Fsp3) is 0.587. The maximum absolute atomic E-state index is 12.2. The fourth-order valence-corrected chi connectivity index (χ4v) is 7.13. The molecule has 0 aliphatic heterocycles. The second kappa shape index (κ2) is 25.6. The number of hydrogen-bond acceptors (Lipinski definition) is 11. The number of hydrogen-bond donors (Lipinski definition) is 0. The molecule has 11 nitrogen and oxygen atoms in total. The molecule has 0 N–H and O–H groups in total. The Hall–Kier alpha value is -4.67. The normalized spacial score (nSPS) is 15.1. The van der Waals surface area contributed by atoms with Crippen molar-refractivity contribution in [3.05, 3.63) is 65.2 Å². The first-order valence-corrected chi connectivity index (χ1v) is 20.9. The van der Waals surface area contributed by atoms with Crippen LogP contribution in [0.4, 0.5) is 0 Å². The molecule has 0 saturated heterocycles. The summed E-state index contributed by atoms with van der Waals surface area (Å²) < 4.78 is 31.3. The van der Waals surface area contributed by atoms with Crippen LogP contribution in [0.1, 0.15) is 128 Å². The topological polar surface area (TPSA) is 141 Å². The third-order valence-corrected chi connectivity index (χ3v) is 10.3. The van der Waals surface area contributed by atoms with Gasteiger partial charge in [0.05, 0.1) is 32.3 Å². The maximum atomic E-state index is 12.2. The molecule has 0 atom stereocenters. The first-order valence-electron chi connectivity index (χ1n) is 20.9. The van der Waals surface area contributed by atoms with Gasteiger partial charge >= 0.3 is 29.8 Å². The van der Waals surface area contributed by atoms with Gasteiger partial charge in [0.2, 0.25) is 0 Å². The molecule has 1 saturated carbocycles. The zero-order valence-corrected chi connectivity index (χ0v) is 34.8. The average Bonchev–Trinajstić information content (AvgIpc) is 3.21. The van der Waals surface area contributed by atoms with Gasteiger partial charge in [-0.25, -0.2) is 24.0 Å². The van der Waals surface area contributed by atoms with E-state index in [1.807, 2.05) is 12.1 Å². The minimum absolute atomic E-state index is 0.00700. The van der Waals surface area contributed by atoms with Gasteiger partial charge in [-0.2, -0.15) is 0 Å². The average molecular weight is 793 g/mol. The second-order valence-corrected chi connectivity index (χ2v) is 14.8. The lowest BCUT2D eigenvalue weighted by Gasteiger charge is -2.29. The lowest BCUT2D eigenvalue weighted by atomic mass is 9.76. The molecule has 57 heavy (non-hydrogen) atoms. The van der Waals surface area contributed by atoms with E-state index in [-0.39, 0.29) is 39.6 Å². The predicted molar refractivity (Wildman–Crippen MR) is 218 cm³/mol. The van der Waals surface area contributed by atoms with Crippen molar-refractivity contribution in [3.63, 3.8) is 0 Å². The minimum atomic E-state index is -1.20. The van der Waals surface area contributed by atoms with Gasteiger partial charge in [-0.3, -0.25) is 0 Å². The Balaban J connectivity index is 1.80. The van der Waals surface area contributed by atoms with Crippen LogP contribution < -0.4 is 4.74 Å².